The SMILES string of the molecule is CC(C)(OC(N)=O)C(Cc1ccc(Cl)cc1)c1ccc(C=O)cn1. The number of aldehydes is 1. The molecule has 2 N–H and O–H groups in total. The Morgan fingerprint density at radius 2 is 1.96 bits per heavy atom. The number of ether oxygens (including phenoxy) is 1. The van der Waals surface area contributed by atoms with Crippen LogP contribution in [0.3, 0.4) is 0 Å². The fourth-order valence-corrected chi connectivity index (χ4v) is 2.71. The van der Waals surface area contributed by atoms with Crippen LogP contribution in [0.25, 0.3) is 0 Å². The Morgan fingerprint density at radius 3 is 2.46 bits per heavy atom. The monoisotopic (exact) mass is 346 g/mol. The van der Waals surface area contributed by atoms with Gasteiger partial charge in [0.2, 0.25) is 0 Å². The van der Waals surface area contributed by atoms with E-state index < -0.39 is 11.7 Å². The Hall–Kier alpha value is -2.40. The minimum atomic E-state index is -0.874. The van der Waals surface area contributed by atoms with Crippen molar-refractivity contribution in [2.75, 3.05) is 0 Å². The van der Waals surface area contributed by atoms with Crippen LogP contribution < -0.4 is 5.73 Å². The van der Waals surface area contributed by atoms with Gasteiger partial charge in [0, 0.05) is 28.4 Å². The van der Waals surface area contributed by atoms with Crippen molar-refractivity contribution in [1.82, 2.24) is 4.98 Å². The lowest BCUT2D eigenvalue weighted by molar-refractivity contribution is 0.0226. The van der Waals surface area contributed by atoms with Crippen molar-refractivity contribution in [3.8, 4) is 0 Å². The summed E-state index contributed by atoms with van der Waals surface area (Å²) in [4.78, 5) is 26.4. The number of pyridine rings is 1. The van der Waals surface area contributed by atoms with Crippen LogP contribution in [-0.2, 0) is 11.2 Å². The fraction of sp³-hybridized carbons (Fsp3) is 0.278. The summed E-state index contributed by atoms with van der Waals surface area (Å²) in [6.45, 7) is 3.57. The summed E-state index contributed by atoms with van der Waals surface area (Å²) >= 11 is 5.93. The molecular weight excluding hydrogens is 328 g/mol. The van der Waals surface area contributed by atoms with Gasteiger partial charge in [-0.3, -0.25) is 9.78 Å². The first-order valence-corrected chi connectivity index (χ1v) is 7.83. The molecule has 24 heavy (non-hydrogen) atoms. The number of primary amides is 1. The number of nitrogens with two attached hydrogens (primary N) is 1. The Balaban J connectivity index is 2.37. The first-order chi connectivity index (χ1) is 11.3. The molecule has 1 aromatic carbocycles. The van der Waals surface area contributed by atoms with Crippen LogP contribution in [0.5, 0.6) is 0 Å². The quantitative estimate of drug-likeness (QED) is 0.807. The molecule has 0 aliphatic heterocycles. The molecule has 2 rings (SSSR count). The number of carbonyl (C=O) groups is 2. The summed E-state index contributed by atoms with van der Waals surface area (Å²) in [6.07, 6.45) is 1.96. The van der Waals surface area contributed by atoms with Crippen molar-refractivity contribution in [2.24, 2.45) is 5.73 Å². The summed E-state index contributed by atoms with van der Waals surface area (Å²) in [7, 11) is 0. The van der Waals surface area contributed by atoms with E-state index in [1.807, 2.05) is 12.1 Å². The molecule has 6 heteroatoms. The summed E-state index contributed by atoms with van der Waals surface area (Å²) in [6, 6.07) is 10.9. The fourth-order valence-electron chi connectivity index (χ4n) is 2.59. The number of hydrogen-bond acceptors (Lipinski definition) is 4. The third kappa shape index (κ3) is 4.55. The van der Waals surface area contributed by atoms with Crippen molar-refractivity contribution in [1.29, 1.82) is 0 Å². The molecule has 0 saturated carbocycles. The standard InChI is InChI=1S/C18H19ClN2O3/c1-18(2,24-17(20)23)15(9-12-3-6-14(19)7-4-12)16-8-5-13(11-22)10-21-16/h3-8,10-11,15H,9H2,1-2H3,(H2,20,23). The second-order valence-corrected chi connectivity index (χ2v) is 6.48. The lowest BCUT2D eigenvalue weighted by Crippen LogP contribution is -2.38. The van der Waals surface area contributed by atoms with E-state index in [9.17, 15) is 9.59 Å². The summed E-state index contributed by atoms with van der Waals surface area (Å²) < 4.78 is 5.31. The van der Waals surface area contributed by atoms with Crippen molar-refractivity contribution >= 4 is 24.0 Å². The molecule has 126 valence electrons. The number of hydrogen-bond donors (Lipinski definition) is 1. The molecule has 0 radical (unpaired) electrons. The highest BCUT2D eigenvalue weighted by Crippen LogP contribution is 2.33. The average Bonchev–Trinajstić information content (AvgIpc) is 2.53. The van der Waals surface area contributed by atoms with Gasteiger partial charge in [-0.15, -0.1) is 0 Å². The van der Waals surface area contributed by atoms with E-state index in [0.717, 1.165) is 11.8 Å². The van der Waals surface area contributed by atoms with Gasteiger partial charge in [-0.05, 0) is 50.1 Å². The molecule has 5 nitrogen and oxygen atoms in total. The van der Waals surface area contributed by atoms with Crippen LogP contribution in [0, 0.1) is 0 Å². The van der Waals surface area contributed by atoms with Gasteiger partial charge in [0.1, 0.15) is 5.60 Å². The van der Waals surface area contributed by atoms with Crippen molar-refractivity contribution in [3.63, 3.8) is 0 Å². The molecular formula is C18H19ClN2O3. The maximum absolute atomic E-state index is 11.3. The number of rotatable bonds is 6. The minimum absolute atomic E-state index is 0.244. The van der Waals surface area contributed by atoms with Crippen LogP contribution in [0.2, 0.25) is 5.02 Å². The van der Waals surface area contributed by atoms with Crippen LogP contribution >= 0.6 is 11.6 Å². The highest BCUT2D eigenvalue weighted by atomic mass is 35.5. The first-order valence-electron chi connectivity index (χ1n) is 7.46. The first kappa shape index (κ1) is 17.9. The van der Waals surface area contributed by atoms with E-state index in [2.05, 4.69) is 4.98 Å². The van der Waals surface area contributed by atoms with E-state index in [0.29, 0.717) is 22.7 Å². The second kappa shape index (κ2) is 7.45. The smallest absolute Gasteiger partial charge is 0.405 e. The van der Waals surface area contributed by atoms with E-state index in [1.165, 1.54) is 6.20 Å². The van der Waals surface area contributed by atoms with Crippen molar-refractivity contribution in [3.05, 3.63) is 64.4 Å². The zero-order chi connectivity index (χ0) is 17.7. The molecule has 0 saturated heterocycles. The van der Waals surface area contributed by atoms with Gasteiger partial charge in [0.15, 0.2) is 6.29 Å². The maximum atomic E-state index is 11.3. The van der Waals surface area contributed by atoms with E-state index in [4.69, 9.17) is 22.1 Å². The van der Waals surface area contributed by atoms with Crippen molar-refractivity contribution in [2.45, 2.75) is 31.8 Å². The van der Waals surface area contributed by atoms with Crippen LogP contribution in [0.1, 0.15) is 41.4 Å². The van der Waals surface area contributed by atoms with Gasteiger partial charge in [-0.1, -0.05) is 23.7 Å². The van der Waals surface area contributed by atoms with E-state index in [1.54, 1.807) is 38.1 Å². The van der Waals surface area contributed by atoms with Crippen LogP contribution in [-0.4, -0.2) is 23.0 Å². The third-order valence-corrected chi connectivity index (χ3v) is 4.11. The number of carbonyl (C=O) groups excluding carboxylic acids is 2. The van der Waals surface area contributed by atoms with Gasteiger partial charge in [0.05, 0.1) is 0 Å². The Kier molecular flexibility index (Phi) is 5.57. The molecule has 0 aliphatic carbocycles. The lowest BCUT2D eigenvalue weighted by atomic mass is 9.82. The van der Waals surface area contributed by atoms with Gasteiger partial charge in [0.25, 0.3) is 0 Å². The predicted octanol–water partition coefficient (Wildman–Crippen LogP) is 3.75. The molecule has 0 spiro atoms. The summed E-state index contributed by atoms with van der Waals surface area (Å²) in [5.41, 5.74) is 6.55. The molecule has 1 unspecified atom stereocenters. The number of nitrogens with zero attached hydrogens (tertiary/aromatic N) is 1. The molecule has 1 atom stereocenters. The molecule has 0 bridgehead atoms. The number of aromatic nitrogens is 1. The molecule has 1 amide bonds. The van der Waals surface area contributed by atoms with Crippen LogP contribution in [0.15, 0.2) is 42.6 Å². The van der Waals surface area contributed by atoms with Gasteiger partial charge in [-0.25, -0.2) is 4.79 Å². The lowest BCUT2D eigenvalue weighted by Gasteiger charge is -2.33. The predicted molar refractivity (Wildman–Crippen MR) is 92.3 cm³/mol. The minimum Gasteiger partial charge on any atom is -0.443 e. The number of halogens is 1. The normalized spacial score (nSPS) is 12.5. The topological polar surface area (TPSA) is 82.3 Å². The zero-order valence-corrected chi connectivity index (χ0v) is 14.3. The molecule has 0 aliphatic rings. The summed E-state index contributed by atoms with van der Waals surface area (Å²) in [5.74, 6) is -0.244. The highest BCUT2D eigenvalue weighted by Gasteiger charge is 2.35. The number of amides is 1. The Morgan fingerprint density at radius 1 is 1.29 bits per heavy atom. The zero-order valence-electron chi connectivity index (χ0n) is 13.5. The summed E-state index contributed by atoms with van der Waals surface area (Å²) in [5, 5.41) is 0.649. The Bertz CT molecular complexity index is 712. The maximum Gasteiger partial charge on any atom is 0.405 e. The van der Waals surface area contributed by atoms with E-state index >= 15 is 0 Å². The molecule has 0 fully saturated rings. The molecule has 1 heterocycles. The average molecular weight is 347 g/mol. The van der Waals surface area contributed by atoms with Crippen LogP contribution in [0.4, 0.5) is 4.79 Å². The van der Waals surface area contributed by atoms with Crippen molar-refractivity contribution < 1.29 is 14.3 Å². The molecule has 1 aromatic heterocycles. The Labute approximate surface area is 145 Å². The van der Waals surface area contributed by atoms with Gasteiger partial charge >= 0.3 is 6.09 Å². The van der Waals surface area contributed by atoms with E-state index in [-0.39, 0.29) is 5.92 Å². The number of benzene rings is 1. The third-order valence-electron chi connectivity index (χ3n) is 3.86. The highest BCUT2D eigenvalue weighted by molar-refractivity contribution is 6.30. The second-order valence-electron chi connectivity index (χ2n) is 6.04. The largest absolute Gasteiger partial charge is 0.443 e. The van der Waals surface area contributed by atoms with Gasteiger partial charge in [-0.2, -0.15) is 0 Å². The van der Waals surface area contributed by atoms with Gasteiger partial charge < -0.3 is 10.5 Å². The molecule has 2 aromatic rings.